The number of benzene rings is 1. The zero-order chi connectivity index (χ0) is 21.1. The summed E-state index contributed by atoms with van der Waals surface area (Å²) in [5.41, 5.74) is 6.86. The summed E-state index contributed by atoms with van der Waals surface area (Å²) in [5, 5.41) is 24.3. The van der Waals surface area contributed by atoms with Gasteiger partial charge in [0.05, 0.1) is 11.4 Å². The second kappa shape index (κ2) is 6.40. The number of phenols is 2. The third-order valence-corrected chi connectivity index (χ3v) is 5.69. The molecule has 1 aliphatic rings. The van der Waals surface area contributed by atoms with E-state index >= 15 is 0 Å². The molecule has 4 aromatic heterocycles. The van der Waals surface area contributed by atoms with Gasteiger partial charge < -0.3 is 14.8 Å². The average molecular weight is 410 g/mol. The molecule has 6 rings (SSSR count). The first-order chi connectivity index (χ1) is 15.1. The molecule has 5 aromatic rings. The highest BCUT2D eigenvalue weighted by molar-refractivity contribution is 5.82. The topological polar surface area (TPSA) is 101 Å². The van der Waals surface area contributed by atoms with Crippen LogP contribution in [0.1, 0.15) is 11.3 Å². The Morgan fingerprint density at radius 2 is 1.87 bits per heavy atom. The highest BCUT2D eigenvalue weighted by Crippen LogP contribution is 2.42. The zero-order valence-corrected chi connectivity index (χ0v) is 16.7. The third-order valence-electron chi connectivity index (χ3n) is 5.69. The molecule has 1 aromatic carbocycles. The molecular weight excluding hydrogens is 392 g/mol. The molecule has 1 aliphatic heterocycles. The lowest BCUT2D eigenvalue weighted by atomic mass is 9.99. The van der Waals surface area contributed by atoms with E-state index in [-0.39, 0.29) is 11.5 Å². The fourth-order valence-corrected chi connectivity index (χ4v) is 4.25. The van der Waals surface area contributed by atoms with Gasteiger partial charge in [-0.3, -0.25) is 4.98 Å². The quantitative estimate of drug-likeness (QED) is 0.431. The van der Waals surface area contributed by atoms with E-state index in [2.05, 4.69) is 14.6 Å². The second-order valence-electron chi connectivity index (χ2n) is 7.68. The van der Waals surface area contributed by atoms with Crippen molar-refractivity contribution in [3.8, 4) is 45.5 Å². The van der Waals surface area contributed by atoms with Crippen LogP contribution >= 0.6 is 0 Å². The molecule has 0 unspecified atom stereocenters. The summed E-state index contributed by atoms with van der Waals surface area (Å²) in [6.45, 7) is 2.65. The minimum absolute atomic E-state index is 0.115. The van der Waals surface area contributed by atoms with E-state index in [1.54, 1.807) is 16.6 Å². The SMILES string of the molecule is Cc1cccc(-c2nc3n(c2-c2ccc4ncnn4c2)CCc2cc(O)c(O)cc2-3)n1. The Kier molecular flexibility index (Phi) is 3.64. The van der Waals surface area contributed by atoms with Gasteiger partial charge in [0.25, 0.3) is 0 Å². The maximum Gasteiger partial charge on any atom is 0.158 e. The van der Waals surface area contributed by atoms with Crippen molar-refractivity contribution < 1.29 is 10.2 Å². The van der Waals surface area contributed by atoms with Crippen molar-refractivity contribution >= 4 is 5.65 Å². The van der Waals surface area contributed by atoms with E-state index in [0.717, 1.165) is 50.9 Å². The van der Waals surface area contributed by atoms with Gasteiger partial charge in [0, 0.05) is 29.6 Å². The predicted molar refractivity (Wildman–Crippen MR) is 115 cm³/mol. The van der Waals surface area contributed by atoms with Gasteiger partial charge in [-0.25, -0.2) is 14.5 Å². The molecule has 8 nitrogen and oxygen atoms in total. The highest BCUT2D eigenvalue weighted by atomic mass is 16.3. The van der Waals surface area contributed by atoms with Crippen molar-refractivity contribution in [2.75, 3.05) is 0 Å². The van der Waals surface area contributed by atoms with E-state index in [9.17, 15) is 10.2 Å². The van der Waals surface area contributed by atoms with Crippen LogP contribution in [0.15, 0.2) is 55.0 Å². The van der Waals surface area contributed by atoms with Gasteiger partial charge in [0.15, 0.2) is 17.1 Å². The van der Waals surface area contributed by atoms with Gasteiger partial charge in [-0.05, 0) is 55.3 Å². The predicted octanol–water partition coefficient (Wildman–Crippen LogP) is 3.60. The summed E-state index contributed by atoms with van der Waals surface area (Å²) in [4.78, 5) is 13.9. The molecule has 0 saturated heterocycles. The van der Waals surface area contributed by atoms with Gasteiger partial charge in [-0.2, -0.15) is 5.10 Å². The summed E-state index contributed by atoms with van der Waals surface area (Å²) in [6.07, 6.45) is 4.18. The van der Waals surface area contributed by atoms with Crippen LogP contribution in [0.4, 0.5) is 0 Å². The molecule has 0 amide bonds. The fraction of sp³-hybridized carbons (Fsp3) is 0.130. The van der Waals surface area contributed by atoms with Crippen LogP contribution in [-0.2, 0) is 13.0 Å². The molecule has 0 atom stereocenters. The Hall–Kier alpha value is -4.20. The summed E-state index contributed by atoms with van der Waals surface area (Å²) >= 11 is 0. The Morgan fingerprint density at radius 3 is 2.74 bits per heavy atom. The van der Waals surface area contributed by atoms with Gasteiger partial charge in [-0.15, -0.1) is 0 Å². The van der Waals surface area contributed by atoms with E-state index in [1.807, 2.05) is 43.5 Å². The molecule has 31 heavy (non-hydrogen) atoms. The Balaban J connectivity index is 1.66. The Morgan fingerprint density at radius 1 is 1.00 bits per heavy atom. The Bertz CT molecular complexity index is 1480. The van der Waals surface area contributed by atoms with Crippen molar-refractivity contribution in [2.24, 2.45) is 0 Å². The lowest BCUT2D eigenvalue weighted by Crippen LogP contribution is -2.12. The third kappa shape index (κ3) is 2.68. The fourth-order valence-electron chi connectivity index (χ4n) is 4.25. The molecule has 0 aliphatic carbocycles. The van der Waals surface area contributed by atoms with Gasteiger partial charge in [0.1, 0.15) is 17.8 Å². The van der Waals surface area contributed by atoms with Crippen molar-refractivity contribution in [1.29, 1.82) is 0 Å². The maximum atomic E-state index is 10.1. The molecule has 5 heterocycles. The van der Waals surface area contributed by atoms with E-state index in [0.29, 0.717) is 13.0 Å². The smallest absolute Gasteiger partial charge is 0.158 e. The number of imidazole rings is 1. The number of aryl methyl sites for hydroxylation is 2. The molecule has 0 bridgehead atoms. The monoisotopic (exact) mass is 410 g/mol. The number of hydrogen-bond donors (Lipinski definition) is 2. The van der Waals surface area contributed by atoms with Crippen molar-refractivity contribution in [3.63, 3.8) is 0 Å². The van der Waals surface area contributed by atoms with Crippen LogP contribution in [0.5, 0.6) is 11.5 Å². The molecular formula is C23H18N6O2. The normalized spacial score (nSPS) is 12.7. The van der Waals surface area contributed by atoms with Crippen LogP contribution in [-0.4, -0.2) is 39.3 Å². The maximum absolute atomic E-state index is 10.1. The molecule has 152 valence electrons. The standard InChI is InChI=1S/C23H18N6O2/c1-13-3-2-4-17(26-13)21-22(15-5-6-20-24-12-25-29(20)11-15)28-8-7-14-9-18(30)19(31)10-16(14)23(28)27-21/h2-6,9-12,30-31H,7-8H2,1H3. The molecule has 2 N–H and O–H groups in total. The minimum atomic E-state index is -0.156. The Labute approximate surface area is 177 Å². The second-order valence-corrected chi connectivity index (χ2v) is 7.68. The van der Waals surface area contributed by atoms with Crippen molar-refractivity contribution in [2.45, 2.75) is 19.9 Å². The van der Waals surface area contributed by atoms with E-state index < -0.39 is 0 Å². The number of nitrogens with zero attached hydrogens (tertiary/aromatic N) is 6. The lowest BCUT2D eigenvalue weighted by Gasteiger charge is -2.20. The van der Waals surface area contributed by atoms with Gasteiger partial charge in [-0.1, -0.05) is 6.07 Å². The largest absolute Gasteiger partial charge is 0.504 e. The van der Waals surface area contributed by atoms with Crippen LogP contribution in [0.2, 0.25) is 0 Å². The summed E-state index contributed by atoms with van der Waals surface area (Å²) in [6, 6.07) is 13.0. The van der Waals surface area contributed by atoms with Gasteiger partial charge in [0.2, 0.25) is 0 Å². The number of rotatable bonds is 2. The number of pyridine rings is 2. The number of aromatic hydroxyl groups is 2. The van der Waals surface area contributed by atoms with E-state index in [1.165, 1.54) is 6.33 Å². The number of phenolic OH excluding ortho intramolecular Hbond substituents is 2. The molecule has 8 heteroatoms. The molecule has 0 spiro atoms. The lowest BCUT2D eigenvalue weighted by molar-refractivity contribution is 0.403. The van der Waals surface area contributed by atoms with Crippen LogP contribution in [0.3, 0.4) is 0 Å². The first kappa shape index (κ1) is 17.6. The van der Waals surface area contributed by atoms with Crippen LogP contribution < -0.4 is 0 Å². The first-order valence-corrected chi connectivity index (χ1v) is 9.98. The van der Waals surface area contributed by atoms with Gasteiger partial charge >= 0.3 is 0 Å². The number of aromatic nitrogens is 6. The minimum Gasteiger partial charge on any atom is -0.504 e. The van der Waals surface area contributed by atoms with Crippen molar-refractivity contribution in [1.82, 2.24) is 29.1 Å². The van der Waals surface area contributed by atoms with E-state index in [4.69, 9.17) is 9.97 Å². The zero-order valence-electron chi connectivity index (χ0n) is 16.7. The van der Waals surface area contributed by atoms with Crippen LogP contribution in [0.25, 0.3) is 39.7 Å². The molecule has 0 radical (unpaired) electrons. The first-order valence-electron chi connectivity index (χ1n) is 9.98. The van der Waals surface area contributed by atoms with Crippen LogP contribution in [0, 0.1) is 6.92 Å². The number of hydrogen-bond acceptors (Lipinski definition) is 6. The summed E-state index contributed by atoms with van der Waals surface area (Å²) in [5.74, 6) is 0.468. The highest BCUT2D eigenvalue weighted by Gasteiger charge is 2.27. The summed E-state index contributed by atoms with van der Waals surface area (Å²) in [7, 11) is 0. The van der Waals surface area contributed by atoms with Crippen molar-refractivity contribution in [3.05, 3.63) is 66.2 Å². The average Bonchev–Trinajstić information content (AvgIpc) is 3.38. The molecule has 0 saturated carbocycles. The summed E-state index contributed by atoms with van der Waals surface area (Å²) < 4.78 is 3.89. The molecule has 0 fully saturated rings. The number of fused-ring (bicyclic) bond motifs is 4.